The van der Waals surface area contributed by atoms with E-state index in [9.17, 15) is 0 Å². The Labute approximate surface area is 41.1 Å². The molecule has 0 aromatic rings. The molecule has 0 atom stereocenters. The molecule has 0 fully saturated rings. The summed E-state index contributed by atoms with van der Waals surface area (Å²) in [4.78, 5) is 0. The van der Waals surface area contributed by atoms with Gasteiger partial charge < -0.3 is 0 Å². The molecular formula is C3H8BrN. The van der Waals surface area contributed by atoms with Crippen molar-refractivity contribution in [3.63, 3.8) is 0 Å². The molecule has 0 aliphatic rings. The molecule has 0 radical (unpaired) electrons. The Morgan fingerprint density at radius 1 is 1.80 bits per heavy atom. The number of rotatable bonds is 2. The summed E-state index contributed by atoms with van der Waals surface area (Å²) in [5.74, 6) is 0. The van der Waals surface area contributed by atoms with E-state index in [2.05, 4.69) is 27.4 Å². The van der Waals surface area contributed by atoms with Crippen molar-refractivity contribution in [3.05, 3.63) is 0 Å². The summed E-state index contributed by atoms with van der Waals surface area (Å²) in [6.07, 6.45) is 1.19. The van der Waals surface area contributed by atoms with E-state index in [1.54, 1.807) is 0 Å². The molecule has 0 aromatic heterocycles. The van der Waals surface area contributed by atoms with Crippen LogP contribution in [0.1, 0.15) is 13.3 Å². The van der Waals surface area contributed by atoms with Gasteiger partial charge in [-0.2, -0.15) is 0 Å². The zero-order chi connectivity index (χ0) is 4.12. The number of hydrogen-bond acceptors (Lipinski definition) is 1. The van der Waals surface area contributed by atoms with Gasteiger partial charge in [-0.15, -0.1) is 0 Å². The van der Waals surface area contributed by atoms with Gasteiger partial charge in [0.15, 0.2) is 0 Å². The second-order valence-corrected chi connectivity index (χ2v) is 1.44. The monoisotopic (exact) mass is 137 g/mol. The van der Waals surface area contributed by atoms with Gasteiger partial charge in [0, 0.05) is 22.7 Å². The summed E-state index contributed by atoms with van der Waals surface area (Å²) in [7, 11) is 0. The standard InChI is InChI=1S/C3H8BrN/c1-2-3-5-4/h5H,2-3H2,1H3. The molecule has 0 rings (SSSR count). The average molecular weight is 138 g/mol. The molecule has 0 unspecified atom stereocenters. The molecule has 0 aromatic carbocycles. The van der Waals surface area contributed by atoms with Crippen LogP contribution in [0.5, 0.6) is 0 Å². The molecule has 0 aliphatic carbocycles. The lowest BCUT2D eigenvalue weighted by atomic mass is 10.5. The number of nitrogens with one attached hydrogen (secondary N) is 1. The third-order valence-corrected chi connectivity index (χ3v) is 0.741. The zero-order valence-electron chi connectivity index (χ0n) is 3.29. The minimum atomic E-state index is 1.06. The topological polar surface area (TPSA) is 12.0 Å². The molecule has 5 heavy (non-hydrogen) atoms. The van der Waals surface area contributed by atoms with E-state index in [1.807, 2.05) is 0 Å². The van der Waals surface area contributed by atoms with Crippen LogP contribution in [0.2, 0.25) is 0 Å². The summed E-state index contributed by atoms with van der Waals surface area (Å²) in [6, 6.07) is 0. The minimum absolute atomic E-state index is 1.06. The van der Waals surface area contributed by atoms with Gasteiger partial charge in [0.25, 0.3) is 0 Å². The lowest BCUT2D eigenvalue weighted by molar-refractivity contribution is 0.888. The predicted octanol–water partition coefficient (Wildman–Crippen LogP) is 1.30. The summed E-state index contributed by atoms with van der Waals surface area (Å²) < 4.78 is 2.83. The molecule has 2 heteroatoms. The van der Waals surface area contributed by atoms with E-state index < -0.39 is 0 Å². The number of hydrogen-bond donors (Lipinski definition) is 1. The van der Waals surface area contributed by atoms with Crippen molar-refractivity contribution in [3.8, 4) is 0 Å². The summed E-state index contributed by atoms with van der Waals surface area (Å²) in [5.41, 5.74) is 0. The Kier molecular flexibility index (Phi) is 4.83. The predicted molar refractivity (Wildman–Crippen MR) is 27.2 cm³/mol. The maximum Gasteiger partial charge on any atom is 0.00875 e. The highest BCUT2D eigenvalue weighted by Crippen LogP contribution is 1.70. The molecule has 0 saturated carbocycles. The first-order valence-corrected chi connectivity index (χ1v) is 2.54. The van der Waals surface area contributed by atoms with Crippen LogP contribution in [-0.2, 0) is 0 Å². The van der Waals surface area contributed by atoms with Crippen LogP contribution in [0.4, 0.5) is 0 Å². The van der Waals surface area contributed by atoms with Gasteiger partial charge >= 0.3 is 0 Å². The second-order valence-electron chi connectivity index (χ2n) is 0.884. The van der Waals surface area contributed by atoms with Crippen molar-refractivity contribution in [1.29, 1.82) is 0 Å². The van der Waals surface area contributed by atoms with Gasteiger partial charge in [-0.25, -0.2) is 0 Å². The zero-order valence-corrected chi connectivity index (χ0v) is 4.88. The average Bonchev–Trinajstić information content (AvgIpc) is 1.41. The van der Waals surface area contributed by atoms with Gasteiger partial charge in [-0.1, -0.05) is 6.92 Å². The Balaban J connectivity index is 2.19. The highest BCUT2D eigenvalue weighted by atomic mass is 79.9. The molecule has 32 valence electrons. The summed E-state index contributed by atoms with van der Waals surface area (Å²) >= 11 is 3.06. The second kappa shape index (κ2) is 4.44. The largest absolute Gasteiger partial charge is 0.256 e. The smallest absolute Gasteiger partial charge is 0.00875 e. The van der Waals surface area contributed by atoms with Crippen LogP contribution in [0.25, 0.3) is 0 Å². The first-order chi connectivity index (χ1) is 2.41. The lowest BCUT2D eigenvalue weighted by Crippen LogP contribution is -1.95. The summed E-state index contributed by atoms with van der Waals surface area (Å²) in [6.45, 7) is 3.17. The van der Waals surface area contributed by atoms with Crippen LogP contribution in [-0.4, -0.2) is 6.54 Å². The fourth-order valence-corrected chi connectivity index (χ4v) is 0.491. The van der Waals surface area contributed by atoms with Crippen LogP contribution >= 0.6 is 16.1 Å². The minimum Gasteiger partial charge on any atom is -0.256 e. The highest BCUT2D eigenvalue weighted by Gasteiger charge is 1.66. The van der Waals surface area contributed by atoms with E-state index in [1.165, 1.54) is 6.42 Å². The van der Waals surface area contributed by atoms with Crippen LogP contribution in [0.3, 0.4) is 0 Å². The highest BCUT2D eigenvalue weighted by molar-refractivity contribution is 9.08. The Morgan fingerprint density at radius 3 is 2.40 bits per heavy atom. The normalized spacial score (nSPS) is 8.40. The summed E-state index contributed by atoms with van der Waals surface area (Å²) in [5, 5.41) is 0. The van der Waals surface area contributed by atoms with E-state index in [-0.39, 0.29) is 0 Å². The van der Waals surface area contributed by atoms with E-state index >= 15 is 0 Å². The Bertz CT molecular complexity index is 14.4. The molecule has 0 amide bonds. The third-order valence-electron chi connectivity index (χ3n) is 0.344. The maximum absolute atomic E-state index is 3.06. The van der Waals surface area contributed by atoms with E-state index in [0.717, 1.165) is 6.54 Å². The van der Waals surface area contributed by atoms with Crippen molar-refractivity contribution in [2.24, 2.45) is 0 Å². The Morgan fingerprint density at radius 2 is 2.40 bits per heavy atom. The first kappa shape index (κ1) is 5.44. The molecule has 0 heterocycles. The maximum atomic E-state index is 3.06. The van der Waals surface area contributed by atoms with Crippen molar-refractivity contribution >= 4 is 16.1 Å². The van der Waals surface area contributed by atoms with Crippen molar-refractivity contribution < 1.29 is 0 Å². The lowest BCUT2D eigenvalue weighted by Gasteiger charge is -1.81. The van der Waals surface area contributed by atoms with Gasteiger partial charge in [-0.3, -0.25) is 4.34 Å². The first-order valence-electron chi connectivity index (χ1n) is 1.75. The van der Waals surface area contributed by atoms with Crippen molar-refractivity contribution in [2.75, 3.05) is 6.54 Å². The molecule has 1 N–H and O–H groups in total. The van der Waals surface area contributed by atoms with Gasteiger partial charge in [0.05, 0.1) is 0 Å². The molecule has 1 nitrogen and oxygen atoms in total. The van der Waals surface area contributed by atoms with Gasteiger partial charge in [0.2, 0.25) is 0 Å². The molecular weight excluding hydrogens is 130 g/mol. The van der Waals surface area contributed by atoms with Gasteiger partial charge in [-0.05, 0) is 6.42 Å². The third kappa shape index (κ3) is 4.44. The van der Waals surface area contributed by atoms with E-state index in [4.69, 9.17) is 0 Å². The van der Waals surface area contributed by atoms with Crippen LogP contribution in [0, 0.1) is 0 Å². The Hall–Kier alpha value is 0.440. The molecule has 0 bridgehead atoms. The molecule has 0 spiro atoms. The fraction of sp³-hybridized carbons (Fsp3) is 1.00. The SMILES string of the molecule is CCCNBr. The molecule has 0 saturated heterocycles. The number of halogens is 1. The molecule has 0 aliphatic heterocycles. The quantitative estimate of drug-likeness (QED) is 0.567. The van der Waals surface area contributed by atoms with E-state index in [0.29, 0.717) is 0 Å². The van der Waals surface area contributed by atoms with Crippen molar-refractivity contribution in [2.45, 2.75) is 13.3 Å². The van der Waals surface area contributed by atoms with Crippen LogP contribution in [0.15, 0.2) is 0 Å². The van der Waals surface area contributed by atoms with Crippen molar-refractivity contribution in [1.82, 2.24) is 4.34 Å². The van der Waals surface area contributed by atoms with Gasteiger partial charge in [0.1, 0.15) is 0 Å². The van der Waals surface area contributed by atoms with Crippen LogP contribution < -0.4 is 4.34 Å². The fourth-order valence-electron chi connectivity index (χ4n) is 0.0945.